The van der Waals surface area contributed by atoms with Crippen LogP contribution in [0, 0.1) is 4.64 Å². The first-order valence-electron chi connectivity index (χ1n) is 6.20. The van der Waals surface area contributed by atoms with Crippen LogP contribution in [0.4, 0.5) is 0 Å². The molecule has 4 nitrogen and oxygen atoms in total. The maximum Gasteiger partial charge on any atom is 0.134 e. The molecule has 1 aromatic carbocycles. The van der Waals surface area contributed by atoms with Crippen molar-refractivity contribution >= 4 is 23.1 Å². The smallest absolute Gasteiger partial charge is 0.134 e. The van der Waals surface area contributed by atoms with Gasteiger partial charge in [0, 0.05) is 24.3 Å². The fourth-order valence-corrected chi connectivity index (χ4v) is 2.32. The summed E-state index contributed by atoms with van der Waals surface area (Å²) in [6.45, 7) is 0.401. The predicted octanol–water partition coefficient (Wildman–Crippen LogP) is 3.50. The summed E-state index contributed by atoms with van der Waals surface area (Å²) >= 11 is 5.19. The van der Waals surface area contributed by atoms with Gasteiger partial charge in [-0.3, -0.25) is 4.98 Å². The molecular formula is C15H13N3OS. The summed E-state index contributed by atoms with van der Waals surface area (Å²) in [4.78, 5) is 11.9. The highest BCUT2D eigenvalue weighted by molar-refractivity contribution is 7.71. The van der Waals surface area contributed by atoms with Gasteiger partial charge < -0.3 is 9.72 Å². The number of fused-ring (bicyclic) bond motifs is 1. The lowest BCUT2D eigenvalue weighted by Crippen LogP contribution is -1.99. The molecule has 0 atom stereocenters. The lowest BCUT2D eigenvalue weighted by atomic mass is 10.1. The number of hydrogen-bond acceptors (Lipinski definition) is 4. The predicted molar refractivity (Wildman–Crippen MR) is 80.9 cm³/mol. The van der Waals surface area contributed by atoms with Crippen molar-refractivity contribution in [3.63, 3.8) is 0 Å². The molecule has 3 rings (SSSR count). The molecule has 0 saturated heterocycles. The van der Waals surface area contributed by atoms with E-state index >= 15 is 0 Å². The number of methoxy groups -OCH3 is 1. The molecule has 0 saturated carbocycles. The Balaban J connectivity index is 2.12. The van der Waals surface area contributed by atoms with E-state index in [1.165, 1.54) is 0 Å². The summed E-state index contributed by atoms with van der Waals surface area (Å²) in [5, 5.41) is 1.09. The largest absolute Gasteiger partial charge is 0.377 e. The Labute approximate surface area is 121 Å². The van der Waals surface area contributed by atoms with Crippen LogP contribution in [0.3, 0.4) is 0 Å². The van der Waals surface area contributed by atoms with E-state index in [0.717, 1.165) is 22.2 Å². The van der Waals surface area contributed by atoms with Gasteiger partial charge in [0.05, 0.1) is 11.2 Å². The third-order valence-electron chi connectivity index (χ3n) is 2.97. The van der Waals surface area contributed by atoms with Crippen molar-refractivity contribution < 1.29 is 4.74 Å². The number of aromatic amines is 1. The Morgan fingerprint density at radius 3 is 2.95 bits per heavy atom. The van der Waals surface area contributed by atoms with E-state index in [1.807, 2.05) is 36.5 Å². The first kappa shape index (κ1) is 12.9. The number of nitrogens with zero attached hydrogens (tertiary/aromatic N) is 2. The molecular weight excluding hydrogens is 270 g/mol. The molecule has 0 aliphatic carbocycles. The molecule has 0 aliphatic heterocycles. The van der Waals surface area contributed by atoms with Crippen molar-refractivity contribution in [3.05, 3.63) is 53.1 Å². The van der Waals surface area contributed by atoms with Crippen molar-refractivity contribution in [2.45, 2.75) is 6.61 Å². The Morgan fingerprint density at radius 1 is 1.25 bits per heavy atom. The van der Waals surface area contributed by atoms with E-state index in [4.69, 9.17) is 17.0 Å². The maximum absolute atomic E-state index is 5.19. The normalized spacial score (nSPS) is 10.8. The first-order chi connectivity index (χ1) is 9.76. The summed E-state index contributed by atoms with van der Waals surface area (Å²) in [5.41, 5.74) is 2.85. The quantitative estimate of drug-likeness (QED) is 0.747. The molecule has 100 valence electrons. The lowest BCUT2D eigenvalue weighted by molar-refractivity contribution is 0.177. The molecule has 5 heteroatoms. The molecule has 0 amide bonds. The average molecular weight is 283 g/mol. The van der Waals surface area contributed by atoms with Crippen LogP contribution in [-0.2, 0) is 11.3 Å². The van der Waals surface area contributed by atoms with Gasteiger partial charge in [-0.05, 0) is 18.2 Å². The lowest BCUT2D eigenvalue weighted by Gasteiger charge is -2.06. The van der Waals surface area contributed by atoms with Crippen LogP contribution < -0.4 is 0 Å². The highest BCUT2D eigenvalue weighted by atomic mass is 32.1. The summed E-state index contributed by atoms with van der Waals surface area (Å²) < 4.78 is 5.63. The summed E-state index contributed by atoms with van der Waals surface area (Å²) in [6, 6.07) is 11.9. The van der Waals surface area contributed by atoms with E-state index in [0.29, 0.717) is 17.1 Å². The van der Waals surface area contributed by atoms with Gasteiger partial charge in [0.15, 0.2) is 0 Å². The second-order valence-corrected chi connectivity index (χ2v) is 4.85. The van der Waals surface area contributed by atoms with Crippen LogP contribution in [0.5, 0.6) is 0 Å². The van der Waals surface area contributed by atoms with Gasteiger partial charge in [-0.15, -0.1) is 0 Å². The Bertz CT molecular complexity index is 813. The molecule has 0 fully saturated rings. The van der Waals surface area contributed by atoms with Gasteiger partial charge in [0.25, 0.3) is 0 Å². The van der Waals surface area contributed by atoms with Crippen LogP contribution in [0.1, 0.15) is 5.82 Å². The minimum Gasteiger partial charge on any atom is -0.377 e. The molecule has 0 radical (unpaired) electrons. The van der Waals surface area contributed by atoms with Crippen molar-refractivity contribution in [2.75, 3.05) is 7.11 Å². The number of para-hydroxylation sites is 1. The van der Waals surface area contributed by atoms with Crippen molar-refractivity contribution in [2.24, 2.45) is 0 Å². The second-order valence-electron chi connectivity index (χ2n) is 4.43. The topological polar surface area (TPSA) is 50.8 Å². The maximum atomic E-state index is 5.19. The molecule has 20 heavy (non-hydrogen) atoms. The second kappa shape index (κ2) is 5.48. The Hall–Kier alpha value is -2.11. The zero-order chi connectivity index (χ0) is 13.9. The number of H-pyrrole nitrogens is 1. The van der Waals surface area contributed by atoms with Crippen LogP contribution in [0.15, 0.2) is 42.6 Å². The fourth-order valence-electron chi connectivity index (χ4n) is 2.09. The van der Waals surface area contributed by atoms with Gasteiger partial charge in [-0.2, -0.15) is 0 Å². The first-order valence-corrected chi connectivity index (χ1v) is 6.61. The standard InChI is InChI=1S/C15H13N3OS/c1-19-9-14-17-13(7-15(20)18-14)11-6-10-4-2-3-5-12(10)16-8-11/h2-8H,9H2,1H3,(H,17,18,20). The minimum absolute atomic E-state index is 0.401. The van der Waals surface area contributed by atoms with Crippen molar-refractivity contribution in [1.29, 1.82) is 0 Å². The molecule has 2 heterocycles. The van der Waals surface area contributed by atoms with Gasteiger partial charge in [-0.25, -0.2) is 4.98 Å². The van der Waals surface area contributed by atoms with Gasteiger partial charge in [0.2, 0.25) is 0 Å². The number of benzene rings is 1. The zero-order valence-electron chi connectivity index (χ0n) is 11.0. The monoisotopic (exact) mass is 283 g/mol. The van der Waals surface area contributed by atoms with E-state index in [2.05, 4.69) is 21.0 Å². The van der Waals surface area contributed by atoms with Gasteiger partial charge in [-0.1, -0.05) is 30.4 Å². The van der Waals surface area contributed by atoms with Crippen LogP contribution in [0.25, 0.3) is 22.2 Å². The fraction of sp³-hybridized carbons (Fsp3) is 0.133. The number of hydrogen-bond donors (Lipinski definition) is 1. The van der Waals surface area contributed by atoms with Crippen molar-refractivity contribution in [3.8, 4) is 11.3 Å². The van der Waals surface area contributed by atoms with E-state index < -0.39 is 0 Å². The van der Waals surface area contributed by atoms with Crippen LogP contribution >= 0.6 is 12.2 Å². The molecule has 3 aromatic rings. The molecule has 0 aliphatic rings. The molecule has 2 aromatic heterocycles. The molecule has 0 spiro atoms. The SMILES string of the molecule is COCc1nc(=S)cc(-c2cnc3ccccc3c2)[nH]1. The average Bonchev–Trinajstić information content (AvgIpc) is 2.46. The summed E-state index contributed by atoms with van der Waals surface area (Å²) in [5.74, 6) is 0.711. The third-order valence-corrected chi connectivity index (χ3v) is 3.18. The third kappa shape index (κ3) is 2.59. The van der Waals surface area contributed by atoms with E-state index in [1.54, 1.807) is 7.11 Å². The highest BCUT2D eigenvalue weighted by Crippen LogP contribution is 2.21. The number of pyridine rings is 1. The minimum atomic E-state index is 0.401. The molecule has 1 N–H and O–H groups in total. The van der Waals surface area contributed by atoms with E-state index in [9.17, 15) is 0 Å². The van der Waals surface area contributed by atoms with Crippen molar-refractivity contribution in [1.82, 2.24) is 15.0 Å². The molecule has 0 bridgehead atoms. The number of rotatable bonds is 3. The summed E-state index contributed by atoms with van der Waals surface area (Å²) in [7, 11) is 1.63. The van der Waals surface area contributed by atoms with Crippen LogP contribution in [0.2, 0.25) is 0 Å². The highest BCUT2D eigenvalue weighted by Gasteiger charge is 2.04. The Kier molecular flexibility index (Phi) is 3.54. The Morgan fingerprint density at radius 2 is 2.10 bits per heavy atom. The number of nitrogens with one attached hydrogen (secondary N) is 1. The molecule has 0 unspecified atom stereocenters. The number of aromatic nitrogens is 3. The van der Waals surface area contributed by atoms with Gasteiger partial charge in [0.1, 0.15) is 17.1 Å². The van der Waals surface area contributed by atoms with E-state index in [-0.39, 0.29) is 0 Å². The van der Waals surface area contributed by atoms with Gasteiger partial charge >= 0.3 is 0 Å². The number of ether oxygens (including phenoxy) is 1. The summed E-state index contributed by atoms with van der Waals surface area (Å²) in [6.07, 6.45) is 1.83. The zero-order valence-corrected chi connectivity index (χ0v) is 11.8. The van der Waals surface area contributed by atoms with Crippen LogP contribution in [-0.4, -0.2) is 22.1 Å².